The quantitative estimate of drug-likeness (QED) is 0.656. The van der Waals surface area contributed by atoms with E-state index in [0.717, 1.165) is 10.0 Å². The molecule has 0 spiro atoms. The average molecular weight is 280 g/mol. The highest BCUT2D eigenvalue weighted by atomic mass is 79.9. The molecule has 0 fully saturated rings. The number of nitrogens with two attached hydrogens (primary N) is 1. The summed E-state index contributed by atoms with van der Waals surface area (Å²) >= 11 is 9.32. The van der Waals surface area contributed by atoms with Crippen LogP contribution < -0.4 is 11.3 Å². The molecule has 0 aromatic heterocycles. The van der Waals surface area contributed by atoms with Crippen LogP contribution in [0.5, 0.6) is 0 Å². The van der Waals surface area contributed by atoms with Crippen molar-refractivity contribution in [2.75, 3.05) is 13.7 Å². The fourth-order valence-corrected chi connectivity index (χ4v) is 1.88. The van der Waals surface area contributed by atoms with Crippen molar-refractivity contribution >= 4 is 27.5 Å². The molecule has 0 bridgehead atoms. The van der Waals surface area contributed by atoms with Gasteiger partial charge in [0.1, 0.15) is 0 Å². The first-order valence-corrected chi connectivity index (χ1v) is 5.26. The molecule has 0 amide bonds. The molecule has 1 rings (SSSR count). The van der Waals surface area contributed by atoms with Gasteiger partial charge in [-0.25, -0.2) is 0 Å². The molecule has 1 aromatic carbocycles. The summed E-state index contributed by atoms with van der Waals surface area (Å²) in [6.07, 6.45) is 0. The third kappa shape index (κ3) is 2.93. The van der Waals surface area contributed by atoms with Crippen molar-refractivity contribution in [3.8, 4) is 0 Å². The molecule has 1 atom stereocenters. The lowest BCUT2D eigenvalue weighted by Crippen LogP contribution is -2.31. The van der Waals surface area contributed by atoms with E-state index in [0.29, 0.717) is 11.6 Å². The van der Waals surface area contributed by atoms with Gasteiger partial charge in [0.15, 0.2) is 0 Å². The van der Waals surface area contributed by atoms with Crippen LogP contribution in [-0.4, -0.2) is 13.7 Å². The summed E-state index contributed by atoms with van der Waals surface area (Å²) in [5.41, 5.74) is 3.66. The van der Waals surface area contributed by atoms with Crippen LogP contribution in [-0.2, 0) is 4.74 Å². The maximum Gasteiger partial charge on any atom is 0.0705 e. The molecule has 0 aliphatic heterocycles. The molecule has 78 valence electrons. The van der Waals surface area contributed by atoms with Gasteiger partial charge in [0.2, 0.25) is 0 Å². The van der Waals surface area contributed by atoms with Crippen LogP contribution in [0.4, 0.5) is 0 Å². The van der Waals surface area contributed by atoms with Gasteiger partial charge in [-0.1, -0.05) is 27.5 Å². The van der Waals surface area contributed by atoms with Crippen LogP contribution >= 0.6 is 27.5 Å². The molecular formula is C9H12BrClN2O. The Labute approximate surface area is 96.7 Å². The number of methoxy groups -OCH3 is 1. The van der Waals surface area contributed by atoms with Gasteiger partial charge in [-0.3, -0.25) is 11.3 Å². The fourth-order valence-electron chi connectivity index (χ4n) is 1.18. The molecule has 3 nitrogen and oxygen atoms in total. The molecule has 0 aliphatic rings. The molecule has 0 saturated heterocycles. The largest absolute Gasteiger partial charge is 0.383 e. The fraction of sp³-hybridized carbons (Fsp3) is 0.333. The lowest BCUT2D eigenvalue weighted by Gasteiger charge is -2.16. The zero-order valence-corrected chi connectivity index (χ0v) is 10.1. The lowest BCUT2D eigenvalue weighted by atomic mass is 10.1. The molecule has 0 heterocycles. The number of hydrazine groups is 1. The highest BCUT2D eigenvalue weighted by Crippen LogP contribution is 2.26. The minimum atomic E-state index is -0.0620. The molecule has 1 aromatic rings. The first kappa shape index (κ1) is 11.9. The van der Waals surface area contributed by atoms with E-state index in [4.69, 9.17) is 22.2 Å². The lowest BCUT2D eigenvalue weighted by molar-refractivity contribution is 0.167. The van der Waals surface area contributed by atoms with Crippen LogP contribution in [0.3, 0.4) is 0 Å². The Hall–Kier alpha value is -0.130. The monoisotopic (exact) mass is 278 g/mol. The van der Waals surface area contributed by atoms with Crippen LogP contribution in [0.25, 0.3) is 0 Å². The van der Waals surface area contributed by atoms with Gasteiger partial charge in [0.25, 0.3) is 0 Å². The van der Waals surface area contributed by atoms with Crippen molar-refractivity contribution < 1.29 is 4.74 Å². The first-order valence-electron chi connectivity index (χ1n) is 4.09. The molecule has 0 aliphatic carbocycles. The molecule has 0 radical (unpaired) electrons. The Morgan fingerprint density at radius 3 is 2.93 bits per heavy atom. The number of ether oxygens (including phenoxy) is 1. The van der Waals surface area contributed by atoms with Crippen molar-refractivity contribution in [3.63, 3.8) is 0 Å². The topological polar surface area (TPSA) is 47.3 Å². The van der Waals surface area contributed by atoms with Crippen LogP contribution in [0, 0.1) is 0 Å². The van der Waals surface area contributed by atoms with E-state index in [-0.39, 0.29) is 6.04 Å². The van der Waals surface area contributed by atoms with E-state index in [1.165, 1.54) is 0 Å². The second-order valence-corrected chi connectivity index (χ2v) is 4.13. The minimum absolute atomic E-state index is 0.0620. The third-order valence-electron chi connectivity index (χ3n) is 1.87. The first-order chi connectivity index (χ1) is 6.69. The van der Waals surface area contributed by atoms with Crippen molar-refractivity contribution in [3.05, 3.63) is 33.3 Å². The van der Waals surface area contributed by atoms with E-state index in [1.54, 1.807) is 7.11 Å². The molecule has 5 heteroatoms. The standard InChI is InChI=1S/C9H12BrClN2O/c1-14-5-9(13-12)7-4-6(11)2-3-8(7)10/h2-4,9,13H,5,12H2,1H3. The molecule has 1 unspecified atom stereocenters. The number of hydrogen-bond acceptors (Lipinski definition) is 3. The average Bonchev–Trinajstić information content (AvgIpc) is 2.18. The van der Waals surface area contributed by atoms with Gasteiger partial charge in [-0.15, -0.1) is 0 Å². The summed E-state index contributed by atoms with van der Waals surface area (Å²) < 4.78 is 6.00. The van der Waals surface area contributed by atoms with Gasteiger partial charge < -0.3 is 4.74 Å². The van der Waals surface area contributed by atoms with E-state index < -0.39 is 0 Å². The van der Waals surface area contributed by atoms with Crippen LogP contribution in [0.15, 0.2) is 22.7 Å². The summed E-state index contributed by atoms with van der Waals surface area (Å²) in [6, 6.07) is 5.50. The highest BCUT2D eigenvalue weighted by molar-refractivity contribution is 9.10. The zero-order chi connectivity index (χ0) is 10.6. The Bertz CT molecular complexity index is 309. The SMILES string of the molecule is COCC(NN)c1cc(Cl)ccc1Br. The Balaban J connectivity index is 2.96. The van der Waals surface area contributed by atoms with Crippen molar-refractivity contribution in [1.82, 2.24) is 5.43 Å². The number of rotatable bonds is 4. The second kappa shape index (κ2) is 5.68. The van der Waals surface area contributed by atoms with E-state index in [9.17, 15) is 0 Å². The van der Waals surface area contributed by atoms with Gasteiger partial charge in [0.05, 0.1) is 12.6 Å². The summed E-state index contributed by atoms with van der Waals surface area (Å²) in [4.78, 5) is 0. The number of hydrogen-bond donors (Lipinski definition) is 2. The van der Waals surface area contributed by atoms with E-state index >= 15 is 0 Å². The van der Waals surface area contributed by atoms with Crippen molar-refractivity contribution in [2.45, 2.75) is 6.04 Å². The Morgan fingerprint density at radius 2 is 2.36 bits per heavy atom. The summed E-state index contributed by atoms with van der Waals surface area (Å²) in [5, 5.41) is 0.680. The number of benzene rings is 1. The van der Waals surface area contributed by atoms with Crippen LogP contribution in [0.2, 0.25) is 5.02 Å². The molecule has 14 heavy (non-hydrogen) atoms. The predicted octanol–water partition coefficient (Wildman–Crippen LogP) is 2.25. The third-order valence-corrected chi connectivity index (χ3v) is 2.83. The Morgan fingerprint density at radius 1 is 1.64 bits per heavy atom. The van der Waals surface area contributed by atoms with Crippen molar-refractivity contribution in [1.29, 1.82) is 0 Å². The predicted molar refractivity (Wildman–Crippen MR) is 61.1 cm³/mol. The maximum atomic E-state index is 5.89. The van der Waals surface area contributed by atoms with Crippen LogP contribution in [0.1, 0.15) is 11.6 Å². The molecule has 0 saturated carbocycles. The summed E-state index contributed by atoms with van der Waals surface area (Å²) in [5.74, 6) is 5.42. The molecular weight excluding hydrogens is 267 g/mol. The van der Waals surface area contributed by atoms with Gasteiger partial charge in [0, 0.05) is 16.6 Å². The molecule has 3 N–H and O–H groups in total. The highest BCUT2D eigenvalue weighted by Gasteiger charge is 2.12. The Kier molecular flexibility index (Phi) is 4.84. The summed E-state index contributed by atoms with van der Waals surface area (Å²) in [7, 11) is 1.63. The summed E-state index contributed by atoms with van der Waals surface area (Å²) in [6.45, 7) is 0.495. The number of halogens is 2. The smallest absolute Gasteiger partial charge is 0.0705 e. The van der Waals surface area contributed by atoms with Crippen molar-refractivity contribution in [2.24, 2.45) is 5.84 Å². The van der Waals surface area contributed by atoms with Gasteiger partial charge in [-0.05, 0) is 23.8 Å². The van der Waals surface area contributed by atoms with Gasteiger partial charge >= 0.3 is 0 Å². The van der Waals surface area contributed by atoms with E-state index in [1.807, 2.05) is 18.2 Å². The second-order valence-electron chi connectivity index (χ2n) is 2.84. The zero-order valence-electron chi connectivity index (χ0n) is 7.76. The minimum Gasteiger partial charge on any atom is -0.383 e. The van der Waals surface area contributed by atoms with Gasteiger partial charge in [-0.2, -0.15) is 0 Å². The number of nitrogens with one attached hydrogen (secondary N) is 1. The maximum absolute atomic E-state index is 5.89. The van der Waals surface area contributed by atoms with E-state index in [2.05, 4.69) is 21.4 Å². The normalized spacial score (nSPS) is 12.9.